The second kappa shape index (κ2) is 21.1. The fourth-order valence-electron chi connectivity index (χ4n) is 10.4. The van der Waals surface area contributed by atoms with Gasteiger partial charge in [0.1, 0.15) is 42.4 Å². The minimum Gasteiger partial charge on any atom is -0.460 e. The number of ether oxygens (including phenoxy) is 2. The van der Waals surface area contributed by atoms with Crippen LogP contribution in [0.15, 0.2) is 30.3 Å². The molecule has 0 saturated carbocycles. The van der Waals surface area contributed by atoms with Gasteiger partial charge in [-0.3, -0.25) is 28.8 Å². The molecular formula is C49H72N6O10. The third kappa shape index (κ3) is 10.7. The van der Waals surface area contributed by atoms with Crippen LogP contribution in [0.3, 0.4) is 0 Å². The molecule has 2 N–H and O–H groups in total. The Hall–Kier alpha value is -5.02. The highest BCUT2D eigenvalue weighted by molar-refractivity contribution is 5.97. The van der Waals surface area contributed by atoms with Crippen LogP contribution >= 0.6 is 0 Å². The summed E-state index contributed by atoms with van der Waals surface area (Å²) in [4.78, 5) is 121. The minimum absolute atomic E-state index is 0.243. The normalized spacial score (nSPS) is 30.6. The molecule has 5 aliphatic rings. The van der Waals surface area contributed by atoms with Gasteiger partial charge in [0, 0.05) is 26.2 Å². The smallest absolute Gasteiger partial charge is 0.329 e. The van der Waals surface area contributed by atoms with Crippen molar-refractivity contribution in [3.63, 3.8) is 0 Å². The van der Waals surface area contributed by atoms with Gasteiger partial charge in [-0.05, 0) is 101 Å². The summed E-state index contributed by atoms with van der Waals surface area (Å²) in [5, 5.41) is 5.99. The number of esters is 2. The second-order valence-corrected chi connectivity index (χ2v) is 20.1. The molecule has 16 nitrogen and oxygen atoms in total. The molecule has 5 fully saturated rings. The average Bonchev–Trinajstić information content (AvgIpc) is 4.12. The van der Waals surface area contributed by atoms with Crippen molar-refractivity contribution >= 4 is 47.4 Å². The van der Waals surface area contributed by atoms with Crippen LogP contribution in [-0.2, 0) is 54.3 Å². The number of hydrogen-bond donors (Lipinski definition) is 2. The molecule has 5 heterocycles. The molecule has 6 amide bonds. The van der Waals surface area contributed by atoms with Crippen LogP contribution in [0, 0.1) is 23.2 Å². The summed E-state index contributed by atoms with van der Waals surface area (Å²) in [6.45, 7) is 15.3. The van der Waals surface area contributed by atoms with E-state index < -0.39 is 113 Å². The zero-order valence-electron chi connectivity index (χ0n) is 39.7. The van der Waals surface area contributed by atoms with Gasteiger partial charge in [0.25, 0.3) is 5.91 Å². The Morgan fingerprint density at radius 2 is 1.09 bits per heavy atom. The lowest BCUT2D eigenvalue weighted by Gasteiger charge is -2.37. The summed E-state index contributed by atoms with van der Waals surface area (Å²) in [7, 11) is 0. The summed E-state index contributed by atoms with van der Waals surface area (Å²) in [5.74, 6) is -5.49. The van der Waals surface area contributed by atoms with Gasteiger partial charge in [0.2, 0.25) is 29.5 Å². The van der Waals surface area contributed by atoms with Crippen molar-refractivity contribution in [2.75, 3.05) is 26.2 Å². The summed E-state index contributed by atoms with van der Waals surface area (Å²) in [6.07, 6.45) is 2.59. The Kier molecular flexibility index (Phi) is 16.0. The number of carbonyl (C=O) groups excluding carboxylic acids is 8. The maximum Gasteiger partial charge on any atom is 0.329 e. The van der Waals surface area contributed by atoms with E-state index in [1.165, 1.54) is 19.6 Å². The molecule has 1 unspecified atom stereocenters. The number of rotatable bonds is 7. The minimum atomic E-state index is -1.33. The molecule has 5 aliphatic heterocycles. The predicted octanol–water partition coefficient (Wildman–Crippen LogP) is 3.77. The van der Waals surface area contributed by atoms with Gasteiger partial charge in [-0.2, -0.15) is 0 Å². The fourth-order valence-corrected chi connectivity index (χ4v) is 10.4. The maximum absolute atomic E-state index is 14.9. The number of amides is 6. The molecular weight excluding hydrogens is 833 g/mol. The van der Waals surface area contributed by atoms with Crippen molar-refractivity contribution in [1.29, 1.82) is 0 Å². The van der Waals surface area contributed by atoms with Crippen molar-refractivity contribution in [2.45, 2.75) is 174 Å². The molecule has 358 valence electrons. The third-order valence-electron chi connectivity index (χ3n) is 14.3. The molecule has 65 heavy (non-hydrogen) atoms. The molecule has 0 aliphatic carbocycles. The first-order valence-corrected chi connectivity index (χ1v) is 24.1. The highest BCUT2D eigenvalue weighted by atomic mass is 16.6. The molecule has 0 aromatic heterocycles. The monoisotopic (exact) mass is 905 g/mol. The van der Waals surface area contributed by atoms with E-state index in [1.807, 2.05) is 44.2 Å². The molecule has 1 aromatic rings. The topological polar surface area (TPSA) is 192 Å². The first-order chi connectivity index (χ1) is 30.9. The van der Waals surface area contributed by atoms with Gasteiger partial charge >= 0.3 is 11.9 Å². The summed E-state index contributed by atoms with van der Waals surface area (Å²) in [6, 6.07) is 3.74. The predicted molar refractivity (Wildman–Crippen MR) is 240 cm³/mol. The Labute approximate surface area is 384 Å². The van der Waals surface area contributed by atoms with E-state index in [0.717, 1.165) is 5.56 Å². The van der Waals surface area contributed by atoms with E-state index in [2.05, 4.69) is 10.6 Å². The highest BCUT2D eigenvalue weighted by Gasteiger charge is 2.49. The molecule has 6 rings (SSSR count). The van der Waals surface area contributed by atoms with Crippen LogP contribution in [0.4, 0.5) is 0 Å². The highest BCUT2D eigenvalue weighted by Crippen LogP contribution is 2.33. The number of hydrogen-bond acceptors (Lipinski definition) is 10. The third-order valence-corrected chi connectivity index (χ3v) is 14.3. The first kappa shape index (κ1) is 49.4. The standard InChI is InChI=1S/C49H72N6O10/c1-9-17-37-49(7,8)48(63)51-38(29(2)3)43(58)54-26-16-23-36(54)47(62)65-40(30(4)5)45(60)53-25-14-21-34(53)42(57)52-24-13-20-33(52)41(56)50-39(31(6)28-32-18-11-10-12-19-32)44(59)55-27-15-22-35(55)46(61)64-37/h10-12,18-19,29-31,33-40H,9,13-17,20-28H2,1-8H3,(H,50,56)(H,51,63)/t31?,33-,34-,35-,36-,37+,38-,39-,40-/m0/s1. The molecule has 5 saturated heterocycles. The van der Waals surface area contributed by atoms with Crippen molar-refractivity contribution in [2.24, 2.45) is 23.2 Å². The number of fused-ring (bicyclic) bond motifs is 4. The van der Waals surface area contributed by atoms with E-state index in [4.69, 9.17) is 9.47 Å². The lowest BCUT2D eigenvalue weighted by atomic mass is 9.82. The Balaban J connectivity index is 1.38. The van der Waals surface area contributed by atoms with Crippen LogP contribution in [0.1, 0.15) is 125 Å². The van der Waals surface area contributed by atoms with E-state index in [0.29, 0.717) is 70.6 Å². The quantitative estimate of drug-likeness (QED) is 0.381. The van der Waals surface area contributed by atoms with Crippen molar-refractivity contribution in [1.82, 2.24) is 30.2 Å². The number of carbonyl (C=O) groups is 8. The van der Waals surface area contributed by atoms with Gasteiger partial charge in [-0.1, -0.05) is 78.3 Å². The molecule has 0 spiro atoms. The number of nitrogens with one attached hydrogen (secondary N) is 2. The van der Waals surface area contributed by atoms with E-state index >= 15 is 0 Å². The van der Waals surface area contributed by atoms with Crippen LogP contribution in [0.25, 0.3) is 0 Å². The Morgan fingerprint density at radius 3 is 1.63 bits per heavy atom. The van der Waals surface area contributed by atoms with Crippen molar-refractivity contribution in [3.05, 3.63) is 35.9 Å². The molecule has 0 bridgehead atoms. The largest absolute Gasteiger partial charge is 0.460 e. The Bertz CT molecular complexity index is 1940. The van der Waals surface area contributed by atoms with Crippen molar-refractivity contribution < 1.29 is 47.8 Å². The van der Waals surface area contributed by atoms with Gasteiger partial charge < -0.3 is 39.7 Å². The molecule has 1 aromatic carbocycles. The number of cyclic esters (lactones) is 2. The second-order valence-electron chi connectivity index (χ2n) is 20.1. The Morgan fingerprint density at radius 1 is 0.600 bits per heavy atom. The SMILES string of the molecule is CCC[C@H]1OC(=O)[C@@H]2CCCN2C(=O)[C@H](C(C)Cc2ccccc2)NC(=O)[C@@H]2CCCN2C(=O)[C@@H]2CCCN2C(=O)[C@H](C(C)C)OC(=O)[C@@H]2CCCN2C(=O)[C@H](C(C)C)NC(=O)C1(C)C. The maximum atomic E-state index is 14.9. The number of benzene rings is 1. The van der Waals surface area contributed by atoms with Crippen molar-refractivity contribution in [3.8, 4) is 0 Å². The molecule has 9 atom stereocenters. The van der Waals surface area contributed by atoms with E-state index in [1.54, 1.807) is 41.5 Å². The zero-order valence-corrected chi connectivity index (χ0v) is 39.7. The lowest BCUT2D eigenvalue weighted by Crippen LogP contribution is -2.59. The van der Waals surface area contributed by atoms with Crippen LogP contribution in [0.5, 0.6) is 0 Å². The average molecular weight is 905 g/mol. The summed E-state index contributed by atoms with van der Waals surface area (Å²) in [5.41, 5.74) is -0.371. The fraction of sp³-hybridized carbons (Fsp3) is 0.714. The van der Waals surface area contributed by atoms with Gasteiger partial charge in [-0.25, -0.2) is 9.59 Å². The van der Waals surface area contributed by atoms with E-state index in [-0.39, 0.29) is 32.1 Å². The number of nitrogens with zero attached hydrogens (tertiary/aromatic N) is 4. The van der Waals surface area contributed by atoms with Gasteiger partial charge in [0.05, 0.1) is 5.41 Å². The summed E-state index contributed by atoms with van der Waals surface area (Å²) < 4.78 is 12.3. The van der Waals surface area contributed by atoms with Gasteiger partial charge in [-0.15, -0.1) is 0 Å². The summed E-state index contributed by atoms with van der Waals surface area (Å²) >= 11 is 0. The van der Waals surface area contributed by atoms with Crippen LogP contribution < -0.4 is 10.6 Å². The first-order valence-electron chi connectivity index (χ1n) is 24.1. The van der Waals surface area contributed by atoms with Gasteiger partial charge in [0.15, 0.2) is 6.10 Å². The van der Waals surface area contributed by atoms with E-state index in [9.17, 15) is 38.4 Å². The lowest BCUT2D eigenvalue weighted by molar-refractivity contribution is -0.170. The zero-order chi connectivity index (χ0) is 47.3. The molecule has 0 radical (unpaired) electrons. The molecule has 16 heteroatoms. The van der Waals surface area contributed by atoms with Crippen LogP contribution in [-0.4, -0.2) is 142 Å². The van der Waals surface area contributed by atoms with Crippen LogP contribution in [0.2, 0.25) is 0 Å².